The average Bonchev–Trinajstić information content (AvgIpc) is 2.73. The highest BCUT2D eigenvalue weighted by atomic mass is 19.1. The Labute approximate surface area is 129 Å². The molecule has 0 spiro atoms. The van der Waals surface area contributed by atoms with Crippen LogP contribution >= 0.6 is 0 Å². The molecule has 0 atom stereocenters. The van der Waals surface area contributed by atoms with Gasteiger partial charge in [-0.15, -0.1) is 0 Å². The van der Waals surface area contributed by atoms with E-state index < -0.39 is 5.91 Å². The van der Waals surface area contributed by atoms with Crippen molar-refractivity contribution >= 4 is 12.0 Å². The Hall–Kier alpha value is -2.56. The minimum absolute atomic E-state index is 0.243. The zero-order chi connectivity index (χ0) is 16.3. The first-order valence-corrected chi connectivity index (χ1v) is 7.02. The number of nitrogens with one attached hydrogen (secondary N) is 1. The van der Waals surface area contributed by atoms with E-state index in [0.29, 0.717) is 12.2 Å². The van der Waals surface area contributed by atoms with Crippen molar-refractivity contribution < 1.29 is 9.18 Å². The number of carbonyl (C=O) groups excluding carboxylic acids is 1. The Bertz CT molecular complexity index is 714. The first-order chi connectivity index (χ1) is 10.4. The lowest BCUT2D eigenvalue weighted by Gasteiger charge is -2.07. The molecule has 116 valence electrons. The van der Waals surface area contributed by atoms with E-state index in [-0.39, 0.29) is 5.82 Å². The summed E-state index contributed by atoms with van der Waals surface area (Å²) >= 11 is 0. The van der Waals surface area contributed by atoms with Crippen molar-refractivity contribution in [1.29, 1.82) is 0 Å². The Balaban J connectivity index is 2.34. The Morgan fingerprint density at radius 1 is 1.32 bits per heavy atom. The summed E-state index contributed by atoms with van der Waals surface area (Å²) in [6, 6.07) is 6.44. The summed E-state index contributed by atoms with van der Waals surface area (Å²) in [7, 11) is 1.66. The van der Waals surface area contributed by atoms with Crippen molar-refractivity contribution in [3.05, 3.63) is 64.4 Å². The third-order valence-corrected chi connectivity index (χ3v) is 3.68. The predicted octanol–water partition coefficient (Wildman–Crippen LogP) is 2.34. The predicted molar refractivity (Wildman–Crippen MR) is 85.6 cm³/mol. The van der Waals surface area contributed by atoms with Crippen LogP contribution in [0.5, 0.6) is 0 Å². The molecule has 0 aliphatic rings. The van der Waals surface area contributed by atoms with Crippen LogP contribution in [0.2, 0.25) is 0 Å². The largest absolute Gasteiger partial charge is 0.384 e. The number of hydrogen-bond acceptors (Lipinski definition) is 2. The van der Waals surface area contributed by atoms with Gasteiger partial charge in [0, 0.05) is 31.0 Å². The smallest absolute Gasteiger partial charge is 0.264 e. The third kappa shape index (κ3) is 3.36. The van der Waals surface area contributed by atoms with Gasteiger partial charge in [0.15, 0.2) is 0 Å². The molecule has 0 unspecified atom stereocenters. The van der Waals surface area contributed by atoms with Gasteiger partial charge in [0.2, 0.25) is 0 Å². The molecule has 1 aromatic heterocycles. The number of halogens is 1. The molecule has 4 nitrogen and oxygen atoms in total. The maximum Gasteiger partial charge on any atom is 0.264 e. The van der Waals surface area contributed by atoms with Gasteiger partial charge < -0.3 is 15.6 Å². The van der Waals surface area contributed by atoms with E-state index in [2.05, 4.69) is 9.88 Å². The van der Waals surface area contributed by atoms with E-state index in [4.69, 9.17) is 5.73 Å². The third-order valence-electron chi connectivity index (χ3n) is 3.68. The van der Waals surface area contributed by atoms with Crippen molar-refractivity contribution in [2.24, 2.45) is 5.73 Å². The molecule has 0 radical (unpaired) electrons. The SMILES string of the molecule is CN/C(=C\c1c(C)cn(Cc2ccc(F)cc2)c1C)C(N)=O. The molecule has 1 amide bonds. The zero-order valence-electron chi connectivity index (χ0n) is 13.0. The van der Waals surface area contributed by atoms with E-state index >= 15 is 0 Å². The molecule has 22 heavy (non-hydrogen) atoms. The van der Waals surface area contributed by atoms with E-state index in [9.17, 15) is 9.18 Å². The summed E-state index contributed by atoms with van der Waals surface area (Å²) in [5.41, 5.74) is 9.74. The number of nitrogens with two attached hydrogens (primary N) is 1. The second-order valence-electron chi connectivity index (χ2n) is 5.24. The summed E-state index contributed by atoms with van der Waals surface area (Å²) in [6.45, 7) is 4.61. The molecule has 0 aliphatic heterocycles. The molecular formula is C17H20FN3O. The lowest BCUT2D eigenvalue weighted by atomic mass is 10.1. The van der Waals surface area contributed by atoms with Crippen LogP contribution in [0.4, 0.5) is 4.39 Å². The number of benzene rings is 1. The van der Waals surface area contributed by atoms with Crippen molar-refractivity contribution in [2.45, 2.75) is 20.4 Å². The van der Waals surface area contributed by atoms with Gasteiger partial charge in [-0.25, -0.2) is 4.39 Å². The van der Waals surface area contributed by atoms with Crippen LogP contribution < -0.4 is 11.1 Å². The first-order valence-electron chi connectivity index (χ1n) is 7.02. The fourth-order valence-corrected chi connectivity index (χ4v) is 2.42. The van der Waals surface area contributed by atoms with Crippen molar-refractivity contribution in [3.8, 4) is 0 Å². The van der Waals surface area contributed by atoms with Gasteiger partial charge >= 0.3 is 0 Å². The summed E-state index contributed by atoms with van der Waals surface area (Å²) < 4.78 is 15.0. The fourth-order valence-electron chi connectivity index (χ4n) is 2.42. The normalized spacial score (nSPS) is 11.5. The topological polar surface area (TPSA) is 60.1 Å². The van der Waals surface area contributed by atoms with Crippen LogP contribution in [0.15, 0.2) is 36.2 Å². The molecule has 5 heteroatoms. The summed E-state index contributed by atoms with van der Waals surface area (Å²) in [5.74, 6) is -0.736. The molecule has 0 saturated heterocycles. The number of primary amides is 1. The summed E-state index contributed by atoms with van der Waals surface area (Å²) in [5, 5.41) is 2.81. The molecular weight excluding hydrogens is 281 g/mol. The average molecular weight is 301 g/mol. The van der Waals surface area contributed by atoms with Gasteiger partial charge in [-0.2, -0.15) is 0 Å². The van der Waals surface area contributed by atoms with E-state index in [1.165, 1.54) is 12.1 Å². The van der Waals surface area contributed by atoms with Crippen molar-refractivity contribution in [3.63, 3.8) is 0 Å². The number of carbonyl (C=O) groups is 1. The van der Waals surface area contributed by atoms with Crippen molar-refractivity contribution in [2.75, 3.05) is 7.05 Å². The number of rotatable bonds is 5. The number of nitrogens with zero attached hydrogens (tertiary/aromatic N) is 1. The van der Waals surface area contributed by atoms with Crippen LogP contribution in [0.1, 0.15) is 22.4 Å². The van der Waals surface area contributed by atoms with E-state index in [0.717, 1.165) is 22.4 Å². The maximum atomic E-state index is 13.0. The Morgan fingerprint density at radius 2 is 1.95 bits per heavy atom. The van der Waals surface area contributed by atoms with E-state index in [1.54, 1.807) is 25.3 Å². The molecule has 0 aliphatic carbocycles. The van der Waals surface area contributed by atoms with Gasteiger partial charge in [0.25, 0.3) is 5.91 Å². The minimum atomic E-state index is -0.493. The van der Waals surface area contributed by atoms with Crippen LogP contribution in [-0.2, 0) is 11.3 Å². The maximum absolute atomic E-state index is 13.0. The molecule has 2 rings (SSSR count). The van der Waals surface area contributed by atoms with Gasteiger partial charge in [-0.05, 0) is 43.2 Å². The van der Waals surface area contributed by atoms with Crippen LogP contribution in [0.3, 0.4) is 0 Å². The standard InChI is InChI=1S/C17H20FN3O/c1-11-9-21(10-13-4-6-14(18)7-5-13)12(2)15(11)8-16(20-3)17(19)22/h4-9,20H,10H2,1-3H3,(H2,19,22)/b16-8-. The summed E-state index contributed by atoms with van der Waals surface area (Å²) in [6.07, 6.45) is 3.77. The minimum Gasteiger partial charge on any atom is -0.384 e. The fraction of sp³-hybridized carbons (Fsp3) is 0.235. The van der Waals surface area contributed by atoms with Crippen LogP contribution in [0.25, 0.3) is 6.08 Å². The number of aromatic nitrogens is 1. The molecule has 0 bridgehead atoms. The number of likely N-dealkylation sites (N-methyl/N-ethyl adjacent to an activating group) is 1. The van der Waals surface area contributed by atoms with Gasteiger partial charge in [0.05, 0.1) is 0 Å². The summed E-state index contributed by atoms with van der Waals surface area (Å²) in [4.78, 5) is 11.3. The molecule has 1 aromatic carbocycles. The molecule has 1 heterocycles. The molecule has 0 fully saturated rings. The molecule has 0 saturated carbocycles. The van der Waals surface area contributed by atoms with Gasteiger partial charge in [0.1, 0.15) is 11.5 Å². The second-order valence-corrected chi connectivity index (χ2v) is 5.24. The highest BCUT2D eigenvalue weighted by Crippen LogP contribution is 2.20. The lowest BCUT2D eigenvalue weighted by Crippen LogP contribution is -2.23. The zero-order valence-corrected chi connectivity index (χ0v) is 13.0. The number of hydrogen-bond donors (Lipinski definition) is 2. The van der Waals surface area contributed by atoms with Crippen LogP contribution in [0, 0.1) is 19.7 Å². The molecule has 3 N–H and O–H groups in total. The monoisotopic (exact) mass is 301 g/mol. The Morgan fingerprint density at radius 3 is 2.50 bits per heavy atom. The highest BCUT2D eigenvalue weighted by molar-refractivity contribution is 5.96. The Kier molecular flexibility index (Phi) is 4.65. The first kappa shape index (κ1) is 15.8. The van der Waals surface area contributed by atoms with Gasteiger partial charge in [-0.3, -0.25) is 4.79 Å². The number of aryl methyl sites for hydroxylation is 1. The van der Waals surface area contributed by atoms with Crippen molar-refractivity contribution in [1.82, 2.24) is 9.88 Å². The second kappa shape index (κ2) is 6.47. The lowest BCUT2D eigenvalue weighted by molar-refractivity contribution is -0.114. The van der Waals surface area contributed by atoms with E-state index in [1.807, 2.05) is 20.0 Å². The van der Waals surface area contributed by atoms with Crippen LogP contribution in [-0.4, -0.2) is 17.5 Å². The number of amides is 1. The van der Waals surface area contributed by atoms with Gasteiger partial charge in [-0.1, -0.05) is 12.1 Å². The highest BCUT2D eigenvalue weighted by Gasteiger charge is 2.11. The quantitative estimate of drug-likeness (QED) is 0.833. The molecule has 2 aromatic rings.